The lowest BCUT2D eigenvalue weighted by Gasteiger charge is -2.14. The van der Waals surface area contributed by atoms with Crippen LogP contribution in [0.4, 0.5) is 0 Å². The summed E-state index contributed by atoms with van der Waals surface area (Å²) >= 11 is 9.02. The molecule has 0 saturated carbocycles. The number of carbonyl (C=O) groups is 2. The molecule has 0 aromatic heterocycles. The van der Waals surface area contributed by atoms with Crippen LogP contribution >= 0.6 is 27.5 Å². The van der Waals surface area contributed by atoms with Gasteiger partial charge >= 0.3 is 5.97 Å². The van der Waals surface area contributed by atoms with Gasteiger partial charge in [-0.1, -0.05) is 34.1 Å². The molecule has 0 aliphatic heterocycles. The second-order valence-electron chi connectivity index (χ2n) is 3.81. The fourth-order valence-corrected chi connectivity index (χ4v) is 2.20. The minimum Gasteiger partial charge on any atom is -0.479 e. The Balaban J connectivity index is 3.19. The molecule has 2 unspecified atom stereocenters. The minimum atomic E-state index is -1.59. The molecule has 4 nitrogen and oxygen atoms in total. The highest BCUT2D eigenvalue weighted by molar-refractivity contribution is 9.09. The number of aliphatic hydroxyl groups excluding tert-OH is 1. The Morgan fingerprint density at radius 1 is 1.44 bits per heavy atom. The van der Waals surface area contributed by atoms with Crippen molar-refractivity contribution in [2.24, 2.45) is 0 Å². The van der Waals surface area contributed by atoms with Crippen molar-refractivity contribution in [3.05, 3.63) is 34.9 Å². The van der Waals surface area contributed by atoms with Crippen molar-refractivity contribution in [3.8, 4) is 0 Å². The molecule has 6 heteroatoms. The molecule has 2 atom stereocenters. The number of carboxylic acid groups (broad SMARTS) is 1. The normalized spacial score (nSPS) is 14.0. The number of Topliss-reactive ketones (excluding diaryl/α,β-unsaturated/α-hetero) is 1. The third-order valence-electron chi connectivity index (χ3n) is 2.49. The first-order valence-corrected chi connectivity index (χ1v) is 6.57. The SMILES string of the molecule is CC(=O)C(Br)c1ccc(C(O)C(=O)O)cc1CCl. The number of hydrogen-bond acceptors (Lipinski definition) is 3. The van der Waals surface area contributed by atoms with Crippen LogP contribution in [0.25, 0.3) is 0 Å². The largest absolute Gasteiger partial charge is 0.479 e. The van der Waals surface area contributed by atoms with Crippen LogP contribution in [0.5, 0.6) is 0 Å². The Labute approximate surface area is 118 Å². The summed E-state index contributed by atoms with van der Waals surface area (Å²) in [4.78, 5) is 21.5. The van der Waals surface area contributed by atoms with E-state index in [-0.39, 0.29) is 17.2 Å². The molecule has 0 amide bonds. The van der Waals surface area contributed by atoms with Gasteiger partial charge in [-0.15, -0.1) is 11.6 Å². The lowest BCUT2D eigenvalue weighted by Crippen LogP contribution is -2.12. The molecular formula is C12H12BrClO4. The first-order chi connectivity index (χ1) is 8.38. The summed E-state index contributed by atoms with van der Waals surface area (Å²) in [6.45, 7) is 1.44. The van der Waals surface area contributed by atoms with Crippen LogP contribution in [0.15, 0.2) is 18.2 Å². The maximum Gasteiger partial charge on any atom is 0.337 e. The molecule has 1 rings (SSSR count). The third kappa shape index (κ3) is 3.31. The van der Waals surface area contributed by atoms with Crippen LogP contribution in [0.3, 0.4) is 0 Å². The van der Waals surface area contributed by atoms with Crippen molar-refractivity contribution in [2.45, 2.75) is 23.7 Å². The number of carbonyl (C=O) groups excluding carboxylic acids is 1. The summed E-state index contributed by atoms with van der Waals surface area (Å²) in [6, 6.07) is 4.57. The highest BCUT2D eigenvalue weighted by Gasteiger charge is 2.20. The summed E-state index contributed by atoms with van der Waals surface area (Å²) in [6.07, 6.45) is -1.59. The van der Waals surface area contributed by atoms with Gasteiger partial charge in [-0.25, -0.2) is 4.79 Å². The van der Waals surface area contributed by atoms with Crippen molar-refractivity contribution >= 4 is 39.3 Å². The van der Waals surface area contributed by atoms with Crippen molar-refractivity contribution in [2.75, 3.05) is 0 Å². The molecule has 0 fully saturated rings. The summed E-state index contributed by atoms with van der Waals surface area (Å²) in [5.74, 6) is -1.27. The van der Waals surface area contributed by atoms with E-state index in [0.29, 0.717) is 11.1 Å². The van der Waals surface area contributed by atoms with Gasteiger partial charge in [0.1, 0.15) is 5.78 Å². The average Bonchev–Trinajstić information content (AvgIpc) is 2.35. The van der Waals surface area contributed by atoms with Gasteiger partial charge in [-0.2, -0.15) is 0 Å². The number of rotatable bonds is 5. The fraction of sp³-hybridized carbons (Fsp3) is 0.333. The molecule has 0 saturated heterocycles. The van der Waals surface area contributed by atoms with Gasteiger partial charge in [0.25, 0.3) is 0 Å². The summed E-state index contributed by atoms with van der Waals surface area (Å²) in [5.41, 5.74) is 1.54. The van der Waals surface area contributed by atoms with Crippen LogP contribution < -0.4 is 0 Å². The van der Waals surface area contributed by atoms with Crippen molar-refractivity contribution < 1.29 is 19.8 Å². The molecular weight excluding hydrogens is 323 g/mol. The van der Waals surface area contributed by atoms with Crippen LogP contribution in [-0.2, 0) is 15.5 Å². The molecule has 1 aromatic rings. The van der Waals surface area contributed by atoms with Gasteiger partial charge in [0, 0.05) is 5.88 Å². The van der Waals surface area contributed by atoms with Gasteiger partial charge in [0.05, 0.1) is 4.83 Å². The molecule has 0 aliphatic rings. The monoisotopic (exact) mass is 334 g/mol. The van der Waals surface area contributed by atoms with Gasteiger partial charge in [-0.05, 0) is 23.6 Å². The standard InChI is InChI=1S/C12H12BrClO4/c1-6(15)10(13)9-3-2-7(4-8(9)5-14)11(16)12(17)18/h2-4,10-11,16H,5H2,1H3,(H,17,18). The van der Waals surface area contributed by atoms with E-state index in [2.05, 4.69) is 15.9 Å². The fourth-order valence-electron chi connectivity index (χ4n) is 1.52. The van der Waals surface area contributed by atoms with Crippen LogP contribution in [0, 0.1) is 0 Å². The number of hydrogen-bond donors (Lipinski definition) is 2. The van der Waals surface area contributed by atoms with E-state index < -0.39 is 16.9 Å². The van der Waals surface area contributed by atoms with Gasteiger partial charge in [0.2, 0.25) is 0 Å². The quantitative estimate of drug-likeness (QED) is 0.811. The Hall–Kier alpha value is -0.910. The summed E-state index contributed by atoms with van der Waals surface area (Å²) in [5, 5.41) is 18.2. The number of benzene rings is 1. The highest BCUT2D eigenvalue weighted by atomic mass is 79.9. The topological polar surface area (TPSA) is 74.6 Å². The number of aliphatic carboxylic acids is 1. The molecule has 0 radical (unpaired) electrons. The van der Waals surface area contributed by atoms with Crippen LogP contribution in [0.1, 0.15) is 34.5 Å². The number of ketones is 1. The van der Waals surface area contributed by atoms with E-state index in [1.54, 1.807) is 6.07 Å². The van der Waals surface area contributed by atoms with E-state index in [1.807, 2.05) is 0 Å². The van der Waals surface area contributed by atoms with Crippen molar-refractivity contribution in [1.29, 1.82) is 0 Å². The first kappa shape index (κ1) is 15.1. The lowest BCUT2D eigenvalue weighted by atomic mass is 9.98. The summed E-state index contributed by atoms with van der Waals surface area (Å²) in [7, 11) is 0. The predicted octanol–water partition coefficient (Wildman–Crippen LogP) is 2.57. The van der Waals surface area contributed by atoms with Crippen molar-refractivity contribution in [1.82, 2.24) is 0 Å². The Bertz CT molecular complexity index is 475. The average molecular weight is 336 g/mol. The van der Waals surface area contributed by atoms with Gasteiger partial charge < -0.3 is 10.2 Å². The van der Waals surface area contributed by atoms with Crippen molar-refractivity contribution in [3.63, 3.8) is 0 Å². The van der Waals surface area contributed by atoms with Gasteiger partial charge in [-0.3, -0.25) is 4.79 Å². The lowest BCUT2D eigenvalue weighted by molar-refractivity contribution is -0.147. The number of aliphatic hydroxyl groups is 1. The van der Waals surface area contributed by atoms with E-state index in [9.17, 15) is 14.7 Å². The zero-order chi connectivity index (χ0) is 13.9. The molecule has 0 spiro atoms. The highest BCUT2D eigenvalue weighted by Crippen LogP contribution is 2.30. The van der Waals surface area contributed by atoms with E-state index in [4.69, 9.17) is 16.7 Å². The van der Waals surface area contributed by atoms with E-state index in [0.717, 1.165) is 0 Å². The zero-order valence-corrected chi connectivity index (χ0v) is 11.9. The molecule has 2 N–H and O–H groups in total. The maximum atomic E-state index is 11.3. The molecule has 0 bridgehead atoms. The smallest absolute Gasteiger partial charge is 0.337 e. The molecule has 1 aromatic carbocycles. The second-order valence-corrected chi connectivity index (χ2v) is 4.99. The Morgan fingerprint density at radius 2 is 2.06 bits per heavy atom. The van der Waals surface area contributed by atoms with Crippen LogP contribution in [-0.4, -0.2) is 22.0 Å². The molecule has 0 aliphatic carbocycles. The maximum absolute atomic E-state index is 11.3. The second kappa shape index (κ2) is 6.31. The molecule has 0 heterocycles. The molecule has 98 valence electrons. The first-order valence-electron chi connectivity index (χ1n) is 5.12. The van der Waals surface area contributed by atoms with Gasteiger partial charge in [0.15, 0.2) is 6.10 Å². The number of halogens is 2. The Morgan fingerprint density at radius 3 is 2.50 bits per heavy atom. The number of carboxylic acids is 1. The van der Waals surface area contributed by atoms with Crippen LogP contribution in [0.2, 0.25) is 0 Å². The number of alkyl halides is 2. The van der Waals surface area contributed by atoms with E-state index in [1.165, 1.54) is 19.1 Å². The minimum absolute atomic E-state index is 0.0760. The predicted molar refractivity (Wildman–Crippen MR) is 70.9 cm³/mol. The Kier molecular flexibility index (Phi) is 5.31. The summed E-state index contributed by atoms with van der Waals surface area (Å²) < 4.78 is 0. The third-order valence-corrected chi connectivity index (χ3v) is 3.92. The zero-order valence-electron chi connectivity index (χ0n) is 9.56. The van der Waals surface area contributed by atoms with E-state index >= 15 is 0 Å². The molecule has 18 heavy (non-hydrogen) atoms.